The molecular formula is C10H11FO5. The molecule has 1 aromatic carbocycles. The van der Waals surface area contributed by atoms with Crippen molar-refractivity contribution in [3.05, 3.63) is 29.6 Å². The second-order valence-electron chi connectivity index (χ2n) is 3.12. The highest BCUT2D eigenvalue weighted by atomic mass is 19.1. The van der Waals surface area contributed by atoms with Crippen molar-refractivity contribution in [3.63, 3.8) is 0 Å². The van der Waals surface area contributed by atoms with Gasteiger partial charge in [-0.2, -0.15) is 0 Å². The largest absolute Gasteiger partial charge is 0.497 e. The van der Waals surface area contributed by atoms with Gasteiger partial charge in [0.2, 0.25) is 0 Å². The van der Waals surface area contributed by atoms with Gasteiger partial charge in [0.15, 0.2) is 6.10 Å². The van der Waals surface area contributed by atoms with Gasteiger partial charge >= 0.3 is 5.97 Å². The molecule has 0 saturated carbocycles. The number of aliphatic carboxylic acids is 1. The SMILES string of the molecule is COc1ccc(C(O)C(O)C(=O)O)c(F)c1. The van der Waals surface area contributed by atoms with Crippen molar-refractivity contribution in [2.75, 3.05) is 7.11 Å². The molecule has 0 radical (unpaired) electrons. The number of aliphatic hydroxyl groups is 2. The highest BCUT2D eigenvalue weighted by molar-refractivity contribution is 5.73. The lowest BCUT2D eigenvalue weighted by molar-refractivity contribution is -0.153. The first kappa shape index (κ1) is 12.4. The molecule has 6 heteroatoms. The van der Waals surface area contributed by atoms with Gasteiger partial charge < -0.3 is 20.1 Å². The van der Waals surface area contributed by atoms with E-state index < -0.39 is 24.0 Å². The fraction of sp³-hybridized carbons (Fsp3) is 0.300. The summed E-state index contributed by atoms with van der Waals surface area (Å²) in [6, 6.07) is 3.51. The zero-order valence-corrected chi connectivity index (χ0v) is 8.42. The van der Waals surface area contributed by atoms with E-state index in [0.29, 0.717) is 0 Å². The zero-order chi connectivity index (χ0) is 12.3. The Kier molecular flexibility index (Phi) is 3.81. The molecule has 2 unspecified atom stereocenters. The fourth-order valence-corrected chi connectivity index (χ4v) is 1.18. The van der Waals surface area contributed by atoms with Crippen LogP contribution in [0.25, 0.3) is 0 Å². The van der Waals surface area contributed by atoms with Gasteiger partial charge in [-0.1, -0.05) is 0 Å². The number of carboxylic acid groups (broad SMARTS) is 1. The molecule has 0 aromatic heterocycles. The zero-order valence-electron chi connectivity index (χ0n) is 8.42. The molecule has 3 N–H and O–H groups in total. The van der Waals surface area contributed by atoms with Gasteiger partial charge in [-0.25, -0.2) is 9.18 Å². The van der Waals surface area contributed by atoms with Gasteiger partial charge in [-0.15, -0.1) is 0 Å². The van der Waals surface area contributed by atoms with Gasteiger partial charge in [0.25, 0.3) is 0 Å². The summed E-state index contributed by atoms with van der Waals surface area (Å²) in [5.74, 6) is -2.23. The molecule has 1 aromatic rings. The van der Waals surface area contributed by atoms with Gasteiger partial charge in [-0.3, -0.25) is 0 Å². The number of ether oxygens (including phenoxy) is 1. The number of carboxylic acids is 1. The predicted molar refractivity (Wildman–Crippen MR) is 51.6 cm³/mol. The molecule has 0 spiro atoms. The van der Waals surface area contributed by atoms with E-state index in [4.69, 9.17) is 14.9 Å². The maximum Gasteiger partial charge on any atom is 0.335 e. The van der Waals surface area contributed by atoms with E-state index in [2.05, 4.69) is 0 Å². The van der Waals surface area contributed by atoms with Gasteiger partial charge in [0, 0.05) is 11.6 Å². The van der Waals surface area contributed by atoms with Crippen LogP contribution in [-0.2, 0) is 4.79 Å². The van der Waals surface area contributed by atoms with E-state index in [-0.39, 0.29) is 11.3 Å². The van der Waals surface area contributed by atoms with Crippen LogP contribution in [0, 0.1) is 5.82 Å². The summed E-state index contributed by atoms with van der Waals surface area (Å²) in [4.78, 5) is 10.4. The number of carbonyl (C=O) groups is 1. The molecular weight excluding hydrogens is 219 g/mol. The molecule has 0 saturated heterocycles. The van der Waals surface area contributed by atoms with Crippen molar-refractivity contribution in [2.45, 2.75) is 12.2 Å². The number of halogens is 1. The summed E-state index contributed by atoms with van der Waals surface area (Å²) in [5.41, 5.74) is -0.296. The second-order valence-corrected chi connectivity index (χ2v) is 3.12. The molecule has 0 aliphatic rings. The molecule has 0 aliphatic heterocycles. The number of hydrogen-bond donors (Lipinski definition) is 3. The molecule has 2 atom stereocenters. The number of methoxy groups -OCH3 is 1. The van der Waals surface area contributed by atoms with Crippen LogP contribution in [0.3, 0.4) is 0 Å². The molecule has 16 heavy (non-hydrogen) atoms. The van der Waals surface area contributed by atoms with E-state index in [9.17, 15) is 14.3 Å². The van der Waals surface area contributed by atoms with Crippen LogP contribution in [0.1, 0.15) is 11.7 Å². The van der Waals surface area contributed by atoms with Crippen LogP contribution in [0.5, 0.6) is 5.75 Å². The summed E-state index contributed by atoms with van der Waals surface area (Å²) in [6.45, 7) is 0. The Hall–Kier alpha value is -1.66. The Morgan fingerprint density at radius 3 is 2.50 bits per heavy atom. The average molecular weight is 230 g/mol. The standard InChI is InChI=1S/C10H11FO5/c1-16-5-2-3-6(7(11)4-5)8(12)9(13)10(14)15/h2-4,8-9,12-13H,1H3,(H,14,15). The Labute approximate surface area is 90.7 Å². The molecule has 88 valence electrons. The van der Waals surface area contributed by atoms with Crippen molar-refractivity contribution < 1.29 is 29.2 Å². The third kappa shape index (κ3) is 2.47. The van der Waals surface area contributed by atoms with Gasteiger partial charge in [-0.05, 0) is 12.1 Å². The van der Waals surface area contributed by atoms with Crippen LogP contribution < -0.4 is 4.74 Å². The van der Waals surface area contributed by atoms with Crippen molar-refractivity contribution >= 4 is 5.97 Å². The van der Waals surface area contributed by atoms with Crippen LogP contribution in [0.2, 0.25) is 0 Å². The minimum atomic E-state index is -2.07. The molecule has 0 heterocycles. The first-order valence-electron chi connectivity index (χ1n) is 4.39. The predicted octanol–water partition coefficient (Wildman–Crippen LogP) is 0.313. The van der Waals surface area contributed by atoms with Crippen LogP contribution in [0.4, 0.5) is 4.39 Å². The van der Waals surface area contributed by atoms with E-state index in [1.54, 1.807) is 0 Å². The van der Waals surface area contributed by atoms with Gasteiger partial charge in [0.1, 0.15) is 17.7 Å². The highest BCUT2D eigenvalue weighted by Crippen LogP contribution is 2.24. The molecule has 0 fully saturated rings. The summed E-state index contributed by atoms with van der Waals surface area (Å²) >= 11 is 0. The van der Waals surface area contributed by atoms with Crippen molar-refractivity contribution in [1.82, 2.24) is 0 Å². The first-order chi connectivity index (χ1) is 7.47. The molecule has 1 rings (SSSR count). The van der Waals surface area contributed by atoms with Crippen LogP contribution in [-0.4, -0.2) is 34.5 Å². The monoisotopic (exact) mass is 230 g/mol. The summed E-state index contributed by atoms with van der Waals surface area (Å²) < 4.78 is 18.1. The lowest BCUT2D eigenvalue weighted by Crippen LogP contribution is -2.28. The third-order valence-corrected chi connectivity index (χ3v) is 2.08. The quantitative estimate of drug-likeness (QED) is 0.693. The minimum absolute atomic E-state index is 0.235. The van der Waals surface area contributed by atoms with Crippen molar-refractivity contribution in [2.24, 2.45) is 0 Å². The number of hydrogen-bond acceptors (Lipinski definition) is 4. The molecule has 0 amide bonds. The molecule has 0 bridgehead atoms. The number of aliphatic hydroxyl groups excluding tert-OH is 2. The molecule has 5 nitrogen and oxygen atoms in total. The van der Waals surface area contributed by atoms with Crippen molar-refractivity contribution in [3.8, 4) is 5.75 Å². The fourth-order valence-electron chi connectivity index (χ4n) is 1.18. The number of benzene rings is 1. The Bertz CT molecular complexity index is 393. The average Bonchev–Trinajstić information content (AvgIpc) is 2.26. The van der Waals surface area contributed by atoms with Gasteiger partial charge in [0.05, 0.1) is 7.11 Å². The lowest BCUT2D eigenvalue weighted by atomic mass is 10.0. The normalized spacial score (nSPS) is 14.2. The van der Waals surface area contributed by atoms with Crippen LogP contribution >= 0.6 is 0 Å². The highest BCUT2D eigenvalue weighted by Gasteiger charge is 2.27. The second kappa shape index (κ2) is 4.91. The van der Waals surface area contributed by atoms with E-state index in [1.807, 2.05) is 0 Å². The molecule has 0 aliphatic carbocycles. The van der Waals surface area contributed by atoms with Crippen LogP contribution in [0.15, 0.2) is 18.2 Å². The third-order valence-electron chi connectivity index (χ3n) is 2.08. The van der Waals surface area contributed by atoms with E-state index >= 15 is 0 Å². The topological polar surface area (TPSA) is 87.0 Å². The summed E-state index contributed by atoms with van der Waals surface area (Å²) in [6.07, 6.45) is -3.88. The number of rotatable bonds is 4. The Balaban J connectivity index is 3.00. The van der Waals surface area contributed by atoms with E-state index in [0.717, 1.165) is 12.1 Å². The van der Waals surface area contributed by atoms with E-state index in [1.165, 1.54) is 13.2 Å². The minimum Gasteiger partial charge on any atom is -0.497 e. The smallest absolute Gasteiger partial charge is 0.335 e. The Morgan fingerprint density at radius 1 is 1.44 bits per heavy atom. The Morgan fingerprint density at radius 2 is 2.06 bits per heavy atom. The summed E-state index contributed by atoms with van der Waals surface area (Å²) in [7, 11) is 1.34. The van der Waals surface area contributed by atoms with Crippen molar-refractivity contribution in [1.29, 1.82) is 0 Å². The summed E-state index contributed by atoms with van der Waals surface area (Å²) in [5, 5.41) is 26.9. The lowest BCUT2D eigenvalue weighted by Gasteiger charge is -2.15. The maximum atomic E-state index is 13.4. The maximum absolute atomic E-state index is 13.4. The first-order valence-corrected chi connectivity index (χ1v) is 4.39.